The Hall–Kier alpha value is -1.23. The van der Waals surface area contributed by atoms with Crippen LogP contribution in [-0.2, 0) is 0 Å². The largest absolute Gasteiger partial charge is 0.397 e. The maximum Gasteiger partial charge on any atom is 0.268 e. The van der Waals surface area contributed by atoms with E-state index in [0.29, 0.717) is 0 Å². The minimum absolute atomic E-state index is 0.0825. The molecule has 0 aromatic carbocycles. The van der Waals surface area contributed by atoms with Crippen molar-refractivity contribution in [2.45, 2.75) is 6.43 Å². The van der Waals surface area contributed by atoms with Gasteiger partial charge in [-0.15, -0.1) is 0 Å². The third-order valence-corrected chi connectivity index (χ3v) is 1.77. The van der Waals surface area contributed by atoms with Gasteiger partial charge in [0.25, 0.3) is 6.43 Å². The third kappa shape index (κ3) is 1.75. The zero-order valence-electron chi connectivity index (χ0n) is 6.30. The Morgan fingerprint density at radius 1 is 1.62 bits per heavy atom. The topological polar surface area (TPSA) is 56.0 Å². The first-order valence-electron chi connectivity index (χ1n) is 3.25. The molecule has 0 fully saturated rings. The Kier molecular flexibility index (Phi) is 2.77. The van der Waals surface area contributed by atoms with Crippen molar-refractivity contribution in [2.75, 3.05) is 5.73 Å². The number of nitrogens with two attached hydrogens (primary N) is 1. The van der Waals surface area contributed by atoms with Gasteiger partial charge in [-0.2, -0.15) is 0 Å². The van der Waals surface area contributed by atoms with Crippen molar-refractivity contribution >= 4 is 23.6 Å². The van der Waals surface area contributed by atoms with Gasteiger partial charge >= 0.3 is 0 Å². The van der Waals surface area contributed by atoms with Crippen LogP contribution < -0.4 is 5.73 Å². The smallest absolute Gasteiger partial charge is 0.268 e. The molecule has 0 amide bonds. The number of carbonyl (C=O) groups excluding carboxylic acids is 1. The van der Waals surface area contributed by atoms with Crippen molar-refractivity contribution in [1.82, 2.24) is 4.98 Å². The molecule has 1 heterocycles. The molecule has 0 atom stereocenters. The van der Waals surface area contributed by atoms with E-state index < -0.39 is 12.0 Å². The molecule has 0 aliphatic carbocycles. The molecule has 2 N–H and O–H groups in total. The summed E-state index contributed by atoms with van der Waals surface area (Å²) in [4.78, 5) is 13.7. The van der Waals surface area contributed by atoms with Crippen LogP contribution in [-0.4, -0.2) is 11.3 Å². The molecule has 0 saturated carbocycles. The lowest BCUT2D eigenvalue weighted by Crippen LogP contribution is -2.03. The molecule has 3 nitrogen and oxygen atoms in total. The summed E-state index contributed by atoms with van der Waals surface area (Å²) in [5.41, 5.74) is 3.96. The normalized spacial score (nSPS) is 10.5. The van der Waals surface area contributed by atoms with Gasteiger partial charge in [0.15, 0.2) is 6.29 Å². The molecule has 0 radical (unpaired) electrons. The zero-order chi connectivity index (χ0) is 10.0. The van der Waals surface area contributed by atoms with Crippen molar-refractivity contribution in [3.8, 4) is 0 Å². The number of pyridine rings is 1. The van der Waals surface area contributed by atoms with Gasteiger partial charge in [-0.05, 0) is 0 Å². The number of nitrogen functional groups attached to an aromatic ring is 1. The van der Waals surface area contributed by atoms with Crippen LogP contribution in [0.4, 0.5) is 14.5 Å². The van der Waals surface area contributed by atoms with Crippen LogP contribution in [0.15, 0.2) is 6.20 Å². The Labute approximate surface area is 77.5 Å². The van der Waals surface area contributed by atoms with Crippen molar-refractivity contribution in [2.24, 2.45) is 0 Å². The Bertz CT molecular complexity index is 344. The summed E-state index contributed by atoms with van der Waals surface area (Å²) in [6.07, 6.45) is -1.58. The van der Waals surface area contributed by atoms with Gasteiger partial charge in [0, 0.05) is 6.20 Å². The van der Waals surface area contributed by atoms with Crippen LogP contribution in [0.3, 0.4) is 0 Å². The van der Waals surface area contributed by atoms with Crippen molar-refractivity contribution in [3.05, 3.63) is 22.5 Å². The van der Waals surface area contributed by atoms with Crippen LogP contribution in [0.1, 0.15) is 22.5 Å². The van der Waals surface area contributed by atoms with Crippen LogP contribution >= 0.6 is 11.6 Å². The number of anilines is 1. The molecule has 1 aromatic rings. The second-order valence-electron chi connectivity index (χ2n) is 2.24. The average Bonchev–Trinajstić information content (AvgIpc) is 2.08. The summed E-state index contributed by atoms with van der Waals surface area (Å²) in [7, 11) is 0. The fourth-order valence-electron chi connectivity index (χ4n) is 0.855. The summed E-state index contributed by atoms with van der Waals surface area (Å²) in [6, 6.07) is 0. The average molecular weight is 207 g/mol. The van der Waals surface area contributed by atoms with E-state index in [0.717, 1.165) is 6.20 Å². The Morgan fingerprint density at radius 2 is 2.23 bits per heavy atom. The number of aldehydes is 1. The molecular weight excluding hydrogens is 202 g/mol. The minimum atomic E-state index is -2.86. The number of alkyl halides is 2. The summed E-state index contributed by atoms with van der Waals surface area (Å²) < 4.78 is 24.6. The van der Waals surface area contributed by atoms with E-state index in [1.54, 1.807) is 0 Å². The molecule has 0 unspecified atom stereocenters. The molecule has 1 rings (SSSR count). The molecule has 0 aliphatic heterocycles. The number of hydrogen-bond acceptors (Lipinski definition) is 3. The molecule has 1 aromatic heterocycles. The van der Waals surface area contributed by atoms with Gasteiger partial charge in [0.05, 0.1) is 16.3 Å². The van der Waals surface area contributed by atoms with Crippen LogP contribution in [0, 0.1) is 0 Å². The van der Waals surface area contributed by atoms with E-state index in [1.807, 2.05) is 0 Å². The predicted octanol–water partition coefficient (Wildman–Crippen LogP) is 2.07. The fraction of sp³-hybridized carbons (Fsp3) is 0.143. The lowest BCUT2D eigenvalue weighted by atomic mass is 10.2. The number of aromatic nitrogens is 1. The summed E-state index contributed by atoms with van der Waals surface area (Å²) in [5, 5.41) is -0.0825. The first-order chi connectivity index (χ1) is 6.07. The van der Waals surface area contributed by atoms with Crippen LogP contribution in [0.2, 0.25) is 5.02 Å². The first-order valence-corrected chi connectivity index (χ1v) is 3.63. The molecule has 0 bridgehead atoms. The lowest BCUT2D eigenvalue weighted by Gasteiger charge is -2.07. The van der Waals surface area contributed by atoms with Gasteiger partial charge in [0.1, 0.15) is 5.69 Å². The van der Waals surface area contributed by atoms with Crippen LogP contribution in [0.5, 0.6) is 0 Å². The van der Waals surface area contributed by atoms with Gasteiger partial charge in [0.2, 0.25) is 0 Å². The standard InChI is InChI=1S/C7H5ClF2N2O/c8-3-1-12-4(2-13)5(6(3)11)7(9)10/h1-2,7H,(H2,11,12). The quantitative estimate of drug-likeness (QED) is 0.754. The molecule has 70 valence electrons. The molecule has 0 spiro atoms. The second-order valence-corrected chi connectivity index (χ2v) is 2.64. The summed E-state index contributed by atoms with van der Waals surface area (Å²) in [6.45, 7) is 0. The molecule has 0 aliphatic rings. The Balaban J connectivity index is 3.41. The monoisotopic (exact) mass is 206 g/mol. The van der Waals surface area contributed by atoms with Crippen LogP contribution in [0.25, 0.3) is 0 Å². The first kappa shape index (κ1) is 9.85. The number of carbonyl (C=O) groups is 1. The van der Waals surface area contributed by atoms with E-state index in [-0.39, 0.29) is 22.7 Å². The van der Waals surface area contributed by atoms with Gasteiger partial charge in [-0.25, -0.2) is 8.78 Å². The fourth-order valence-corrected chi connectivity index (χ4v) is 1.01. The third-order valence-electron chi connectivity index (χ3n) is 1.47. The van der Waals surface area contributed by atoms with Gasteiger partial charge < -0.3 is 5.73 Å². The molecule has 6 heteroatoms. The van der Waals surface area contributed by atoms with E-state index >= 15 is 0 Å². The second kappa shape index (κ2) is 3.66. The SMILES string of the molecule is Nc1c(Cl)cnc(C=O)c1C(F)F. The highest BCUT2D eigenvalue weighted by Crippen LogP contribution is 2.31. The summed E-state index contributed by atoms with van der Waals surface area (Å²) >= 11 is 5.45. The summed E-state index contributed by atoms with van der Waals surface area (Å²) in [5.74, 6) is 0. The van der Waals surface area contributed by atoms with E-state index in [4.69, 9.17) is 17.3 Å². The zero-order valence-corrected chi connectivity index (χ0v) is 7.05. The molecule has 13 heavy (non-hydrogen) atoms. The maximum absolute atomic E-state index is 12.3. The van der Waals surface area contributed by atoms with E-state index in [1.165, 1.54) is 0 Å². The van der Waals surface area contributed by atoms with Crippen molar-refractivity contribution in [3.63, 3.8) is 0 Å². The highest BCUT2D eigenvalue weighted by atomic mass is 35.5. The number of nitrogens with zero attached hydrogens (tertiary/aromatic N) is 1. The molecular formula is C7H5ClF2N2O. The van der Waals surface area contributed by atoms with E-state index in [2.05, 4.69) is 4.98 Å². The van der Waals surface area contributed by atoms with E-state index in [9.17, 15) is 13.6 Å². The highest BCUT2D eigenvalue weighted by Gasteiger charge is 2.19. The maximum atomic E-state index is 12.3. The lowest BCUT2D eigenvalue weighted by molar-refractivity contribution is 0.110. The minimum Gasteiger partial charge on any atom is -0.397 e. The van der Waals surface area contributed by atoms with Crippen molar-refractivity contribution < 1.29 is 13.6 Å². The highest BCUT2D eigenvalue weighted by molar-refractivity contribution is 6.33. The predicted molar refractivity (Wildman–Crippen MR) is 44.0 cm³/mol. The number of rotatable bonds is 2. The molecule has 0 saturated heterocycles. The number of hydrogen-bond donors (Lipinski definition) is 1. The van der Waals surface area contributed by atoms with Crippen molar-refractivity contribution in [1.29, 1.82) is 0 Å². The van der Waals surface area contributed by atoms with Gasteiger partial charge in [-0.1, -0.05) is 11.6 Å². The van der Waals surface area contributed by atoms with Gasteiger partial charge in [-0.3, -0.25) is 9.78 Å². The number of halogens is 3. The Morgan fingerprint density at radius 3 is 2.69 bits per heavy atom.